The zero-order valence-corrected chi connectivity index (χ0v) is 16.0. The van der Waals surface area contributed by atoms with Gasteiger partial charge in [-0.2, -0.15) is 23.0 Å². The fourth-order valence-electron chi connectivity index (χ4n) is 2.86. The monoisotopic (exact) mass is 435 g/mol. The van der Waals surface area contributed by atoms with Gasteiger partial charge in [0.1, 0.15) is 5.69 Å². The largest absolute Gasteiger partial charge is 0.493 e. The molecule has 1 amide bonds. The highest BCUT2D eigenvalue weighted by molar-refractivity contribution is 5.93. The molecule has 12 heteroatoms. The highest BCUT2D eigenvalue weighted by Gasteiger charge is 2.33. The molecule has 0 radical (unpaired) electrons. The van der Waals surface area contributed by atoms with Gasteiger partial charge in [0, 0.05) is 12.3 Å². The topological polar surface area (TPSA) is 130 Å². The van der Waals surface area contributed by atoms with Gasteiger partial charge in [0.05, 0.1) is 12.5 Å². The van der Waals surface area contributed by atoms with Gasteiger partial charge in [0.2, 0.25) is 5.88 Å². The van der Waals surface area contributed by atoms with E-state index in [-0.39, 0.29) is 5.69 Å². The summed E-state index contributed by atoms with van der Waals surface area (Å²) in [4.78, 5) is 30.8. The van der Waals surface area contributed by atoms with Gasteiger partial charge in [-0.3, -0.25) is 9.59 Å². The summed E-state index contributed by atoms with van der Waals surface area (Å²) in [6.45, 7) is 1.75. The molecule has 0 aliphatic carbocycles. The Bertz CT molecular complexity index is 1130. The predicted molar refractivity (Wildman–Crippen MR) is 99.5 cm³/mol. The molecule has 0 fully saturated rings. The van der Waals surface area contributed by atoms with Gasteiger partial charge < -0.3 is 15.5 Å². The first-order valence-electron chi connectivity index (χ1n) is 8.84. The lowest BCUT2D eigenvalue weighted by Gasteiger charge is -2.18. The average molecular weight is 435 g/mol. The van der Waals surface area contributed by atoms with Crippen LogP contribution in [-0.2, 0) is 11.0 Å². The summed E-state index contributed by atoms with van der Waals surface area (Å²) < 4.78 is 39.2. The van der Waals surface area contributed by atoms with Crippen LogP contribution in [0.15, 0.2) is 42.6 Å². The highest BCUT2D eigenvalue weighted by Crippen LogP contribution is 2.28. The van der Waals surface area contributed by atoms with E-state index in [1.165, 1.54) is 0 Å². The molecule has 2 heterocycles. The molecule has 2 aromatic heterocycles. The zero-order valence-electron chi connectivity index (χ0n) is 16.0. The van der Waals surface area contributed by atoms with Crippen molar-refractivity contribution < 1.29 is 33.0 Å². The van der Waals surface area contributed by atoms with E-state index in [4.69, 9.17) is 0 Å². The molecule has 0 bridgehead atoms. The number of halogens is 3. The zero-order chi connectivity index (χ0) is 22.8. The van der Waals surface area contributed by atoms with E-state index in [1.54, 1.807) is 31.2 Å². The Morgan fingerprint density at radius 1 is 1.23 bits per heavy atom. The maximum atomic E-state index is 12.9. The Morgan fingerprint density at radius 3 is 2.58 bits per heavy atom. The maximum Gasteiger partial charge on any atom is 0.433 e. The van der Waals surface area contributed by atoms with Gasteiger partial charge in [-0.05, 0) is 24.1 Å². The summed E-state index contributed by atoms with van der Waals surface area (Å²) in [6, 6.07) is 7.52. The predicted octanol–water partition coefficient (Wildman–Crippen LogP) is 2.64. The van der Waals surface area contributed by atoms with Crippen molar-refractivity contribution in [1.29, 1.82) is 0 Å². The number of aliphatic carboxylic acids is 1. The Kier molecular flexibility index (Phi) is 5.90. The van der Waals surface area contributed by atoms with Crippen molar-refractivity contribution in [3.05, 3.63) is 65.1 Å². The van der Waals surface area contributed by atoms with Crippen LogP contribution in [0.2, 0.25) is 0 Å². The summed E-state index contributed by atoms with van der Waals surface area (Å²) in [5.74, 6) is -3.25. The highest BCUT2D eigenvalue weighted by atomic mass is 19.4. The van der Waals surface area contributed by atoms with E-state index in [2.05, 4.69) is 20.4 Å². The lowest BCUT2D eigenvalue weighted by atomic mass is 9.98. The number of aryl methyl sites for hydroxylation is 1. The van der Waals surface area contributed by atoms with Crippen LogP contribution in [0, 0.1) is 6.92 Å². The van der Waals surface area contributed by atoms with Gasteiger partial charge in [-0.1, -0.05) is 24.3 Å². The van der Waals surface area contributed by atoms with Gasteiger partial charge in [-0.15, -0.1) is 0 Å². The fraction of sp³-hybridized carbons (Fsp3) is 0.211. The first-order chi connectivity index (χ1) is 14.6. The average Bonchev–Trinajstić information content (AvgIpc) is 3.09. The molecule has 1 aromatic carbocycles. The summed E-state index contributed by atoms with van der Waals surface area (Å²) in [7, 11) is 0. The molecule has 9 nitrogen and oxygen atoms in total. The number of carbonyl (C=O) groups is 2. The molecule has 0 aliphatic rings. The maximum absolute atomic E-state index is 12.9. The third-order valence-electron chi connectivity index (χ3n) is 4.29. The molecular weight excluding hydrogens is 419 g/mol. The molecule has 0 aliphatic heterocycles. The number of aromatic nitrogens is 4. The van der Waals surface area contributed by atoms with E-state index in [1.807, 2.05) is 0 Å². The third kappa shape index (κ3) is 4.97. The SMILES string of the molecule is Cc1ccccc1[C@H](CC(=O)O)NC(=O)c1cc(O)n(-c2nccc(C(F)(F)F)n2)n1. The summed E-state index contributed by atoms with van der Waals surface area (Å²) >= 11 is 0. The van der Waals surface area contributed by atoms with E-state index >= 15 is 0 Å². The van der Waals surface area contributed by atoms with Crippen LogP contribution in [-0.4, -0.2) is 41.8 Å². The molecular formula is C19H16F3N5O4. The Labute approximate surface area is 173 Å². The van der Waals surface area contributed by atoms with Crippen molar-refractivity contribution in [2.24, 2.45) is 0 Å². The van der Waals surface area contributed by atoms with Gasteiger partial charge >= 0.3 is 12.1 Å². The number of carbonyl (C=O) groups excluding carboxylic acids is 1. The van der Waals surface area contributed by atoms with Crippen molar-refractivity contribution in [2.75, 3.05) is 0 Å². The number of alkyl halides is 3. The normalized spacial score (nSPS) is 12.4. The molecule has 1 atom stereocenters. The summed E-state index contributed by atoms with van der Waals surface area (Å²) in [5.41, 5.74) is -0.287. The lowest BCUT2D eigenvalue weighted by Crippen LogP contribution is -2.31. The molecule has 3 N–H and O–H groups in total. The molecule has 3 aromatic rings. The van der Waals surface area contributed by atoms with Crippen molar-refractivity contribution in [2.45, 2.75) is 25.6 Å². The van der Waals surface area contributed by atoms with Gasteiger partial charge in [0.25, 0.3) is 11.9 Å². The lowest BCUT2D eigenvalue weighted by molar-refractivity contribution is -0.141. The molecule has 3 rings (SSSR count). The quantitative estimate of drug-likeness (QED) is 0.543. The number of hydrogen-bond donors (Lipinski definition) is 3. The second-order valence-corrected chi connectivity index (χ2v) is 6.52. The van der Waals surface area contributed by atoms with Crippen LogP contribution in [0.3, 0.4) is 0 Å². The smallest absolute Gasteiger partial charge is 0.433 e. The first-order valence-corrected chi connectivity index (χ1v) is 8.84. The van der Waals surface area contributed by atoms with E-state index in [0.29, 0.717) is 16.3 Å². The summed E-state index contributed by atoms with van der Waals surface area (Å²) in [5, 5.41) is 25.5. The van der Waals surface area contributed by atoms with Crippen molar-refractivity contribution in [3.8, 4) is 11.8 Å². The minimum Gasteiger partial charge on any atom is -0.493 e. The fourth-order valence-corrected chi connectivity index (χ4v) is 2.86. The summed E-state index contributed by atoms with van der Waals surface area (Å²) in [6.07, 6.45) is -4.31. The van der Waals surface area contributed by atoms with E-state index in [9.17, 15) is 33.0 Å². The van der Waals surface area contributed by atoms with Gasteiger partial charge in [-0.25, -0.2) is 9.97 Å². The second kappa shape index (κ2) is 8.42. The molecule has 0 unspecified atom stereocenters. The molecule has 162 valence electrons. The Hall–Kier alpha value is -3.96. The second-order valence-electron chi connectivity index (χ2n) is 6.52. The number of nitrogens with one attached hydrogen (secondary N) is 1. The standard InChI is InChI=1S/C19H16F3N5O4/c1-10-4-2-3-5-11(10)12(9-16(29)30)24-17(31)13-8-15(28)27(26-13)18-23-7-6-14(25-18)19(20,21)22/h2-8,12,28H,9H2,1H3,(H,24,31)(H,29,30)/t12-/m0/s1. The van der Waals surface area contributed by atoms with Crippen LogP contribution in [0.1, 0.15) is 39.8 Å². The van der Waals surface area contributed by atoms with E-state index < -0.39 is 48.0 Å². The van der Waals surface area contributed by atoms with Crippen LogP contribution in [0.4, 0.5) is 13.2 Å². The first kappa shape index (κ1) is 21.7. The number of carboxylic acid groups (broad SMARTS) is 1. The van der Waals surface area contributed by atoms with Crippen LogP contribution >= 0.6 is 0 Å². The molecule has 0 saturated carbocycles. The van der Waals surface area contributed by atoms with Crippen LogP contribution < -0.4 is 5.32 Å². The van der Waals surface area contributed by atoms with Crippen molar-refractivity contribution in [3.63, 3.8) is 0 Å². The number of hydrogen-bond acceptors (Lipinski definition) is 6. The molecule has 31 heavy (non-hydrogen) atoms. The number of nitrogens with zero attached hydrogens (tertiary/aromatic N) is 4. The Morgan fingerprint density at radius 2 is 1.94 bits per heavy atom. The molecule has 0 saturated heterocycles. The number of benzene rings is 1. The van der Waals surface area contributed by atoms with Crippen molar-refractivity contribution in [1.82, 2.24) is 25.1 Å². The Balaban J connectivity index is 1.89. The number of carboxylic acids is 1. The van der Waals surface area contributed by atoms with Crippen molar-refractivity contribution >= 4 is 11.9 Å². The minimum atomic E-state index is -4.74. The third-order valence-corrected chi connectivity index (χ3v) is 4.29. The molecule has 0 spiro atoms. The van der Waals surface area contributed by atoms with E-state index in [0.717, 1.165) is 17.8 Å². The number of amides is 1. The minimum absolute atomic E-state index is 0.359. The van der Waals surface area contributed by atoms with Crippen LogP contribution in [0.25, 0.3) is 5.95 Å². The van der Waals surface area contributed by atoms with Gasteiger partial charge in [0.15, 0.2) is 5.69 Å². The number of rotatable bonds is 6. The number of aromatic hydroxyl groups is 1. The van der Waals surface area contributed by atoms with Crippen LogP contribution in [0.5, 0.6) is 5.88 Å².